The molecule has 0 saturated heterocycles. The van der Waals surface area contributed by atoms with Crippen LogP contribution in [-0.4, -0.2) is 0 Å². The van der Waals surface area contributed by atoms with Crippen LogP contribution in [0.25, 0.3) is 44.2 Å². The summed E-state index contributed by atoms with van der Waals surface area (Å²) in [6.07, 6.45) is 0. The van der Waals surface area contributed by atoms with Crippen LogP contribution < -0.4 is 14.4 Å². The minimum Gasteiger partial charge on any atom is -0.457 e. The maximum Gasteiger partial charge on any atom is 0.137 e. The topological polar surface area (TPSA) is 34.8 Å². The average Bonchev–Trinajstić information content (AvgIpc) is 4.05. The average molecular weight is 956 g/mol. The van der Waals surface area contributed by atoms with Crippen molar-refractivity contribution in [2.45, 2.75) is 63.2 Å². The molecule has 4 heteroatoms. The van der Waals surface area contributed by atoms with Crippen molar-refractivity contribution >= 4 is 39.0 Å². The lowest BCUT2D eigenvalue weighted by Crippen LogP contribution is -2.33. The summed E-state index contributed by atoms with van der Waals surface area (Å²) in [5, 5.41) is 2.13. The van der Waals surface area contributed by atoms with E-state index in [0.29, 0.717) is 0 Å². The van der Waals surface area contributed by atoms with Gasteiger partial charge in [0.1, 0.15) is 34.2 Å². The van der Waals surface area contributed by atoms with Crippen LogP contribution in [0.2, 0.25) is 0 Å². The second kappa shape index (κ2) is 15.0. The Kier molecular flexibility index (Phi) is 8.72. The Morgan fingerprint density at radius 1 is 0.338 bits per heavy atom. The summed E-state index contributed by atoms with van der Waals surface area (Å²) >= 11 is 0. The second-order valence-corrected chi connectivity index (χ2v) is 22.8. The van der Waals surface area contributed by atoms with Gasteiger partial charge in [-0.15, -0.1) is 0 Å². The summed E-state index contributed by atoms with van der Waals surface area (Å²) in [7, 11) is 0. The highest BCUT2D eigenvalue weighted by Crippen LogP contribution is 2.65. The predicted octanol–water partition coefficient (Wildman–Crippen LogP) is 18.6. The number of hydrogen-bond donors (Lipinski definition) is 0. The Balaban J connectivity index is 1.05. The van der Waals surface area contributed by atoms with Crippen molar-refractivity contribution in [3.8, 4) is 45.3 Å². The van der Waals surface area contributed by atoms with Crippen LogP contribution in [0.5, 0.6) is 23.0 Å². The third-order valence-electron chi connectivity index (χ3n) is 16.7. The third-order valence-corrected chi connectivity index (χ3v) is 16.7. The van der Waals surface area contributed by atoms with Crippen LogP contribution >= 0.6 is 0 Å². The number of ether oxygens (including phenoxy) is 2. The molecule has 1 aromatic heterocycles. The van der Waals surface area contributed by atoms with Crippen molar-refractivity contribution in [2.75, 3.05) is 4.90 Å². The molecule has 0 radical (unpaired) electrons. The van der Waals surface area contributed by atoms with Gasteiger partial charge in [-0.25, -0.2) is 0 Å². The summed E-state index contributed by atoms with van der Waals surface area (Å²) in [5.74, 6) is 3.51. The molecule has 74 heavy (non-hydrogen) atoms. The SMILES string of the molecule is CC(C)(C)c1ccc2c(c1)C1(c3cc(C(C)(C)C)ccc3O2)c2ccccc2-c2ccc(N(c3ccc4c(c3)C3(c5ccccc5Oc5ccccc53)c3ccccc3-4)c3cccc4oc5ccccc5c34)cc21. The molecular formula is C70H53NO3. The minimum atomic E-state index is -0.716. The molecular weight excluding hydrogens is 903 g/mol. The van der Waals surface area contributed by atoms with Crippen LogP contribution in [0.15, 0.2) is 217 Å². The van der Waals surface area contributed by atoms with E-state index in [2.05, 4.69) is 259 Å². The number of anilines is 3. The Morgan fingerprint density at radius 3 is 1.31 bits per heavy atom. The highest BCUT2D eigenvalue weighted by atomic mass is 16.5. The Bertz CT molecular complexity index is 4090. The Morgan fingerprint density at radius 2 is 0.770 bits per heavy atom. The quantitative estimate of drug-likeness (QED) is 0.177. The fourth-order valence-corrected chi connectivity index (χ4v) is 13.4. The van der Waals surface area contributed by atoms with E-state index in [9.17, 15) is 0 Å². The van der Waals surface area contributed by atoms with E-state index >= 15 is 0 Å². The largest absolute Gasteiger partial charge is 0.457 e. The maximum atomic E-state index is 7.07. The number of rotatable bonds is 3. The fourth-order valence-electron chi connectivity index (χ4n) is 13.4. The summed E-state index contributed by atoms with van der Waals surface area (Å²) in [6.45, 7) is 13.8. The van der Waals surface area contributed by atoms with Crippen molar-refractivity contribution in [1.29, 1.82) is 0 Å². The highest BCUT2D eigenvalue weighted by Gasteiger charge is 2.53. The Labute approximate surface area is 432 Å². The number of hydrogen-bond acceptors (Lipinski definition) is 4. The lowest BCUT2D eigenvalue weighted by molar-refractivity contribution is 0.433. The zero-order valence-corrected chi connectivity index (χ0v) is 42.4. The van der Waals surface area contributed by atoms with E-state index in [1.165, 1.54) is 55.6 Å². The van der Waals surface area contributed by atoms with Gasteiger partial charge >= 0.3 is 0 Å². The zero-order chi connectivity index (χ0) is 49.9. The number of benzene rings is 10. The molecule has 2 aliphatic carbocycles. The van der Waals surface area contributed by atoms with Gasteiger partial charge in [-0.1, -0.05) is 175 Å². The van der Waals surface area contributed by atoms with Gasteiger partial charge in [0.15, 0.2) is 0 Å². The first-order valence-corrected chi connectivity index (χ1v) is 26.0. The van der Waals surface area contributed by atoms with Crippen LogP contribution in [0, 0.1) is 0 Å². The molecule has 15 rings (SSSR count). The standard InChI is InChI=1S/C70H53NO3/c1-67(2,3)42-30-36-63-57(38-42)70(58-39-43(68(4,5)6)31-37-64(58)74-63)52-22-11-8-19-47(52)49-35-33-45(41-56(49)70)71(59-25-17-29-65-66(59)50-20-9-14-26-60(50)72-65)44-32-34-48-46-18-7-10-21-51(46)69(55(48)40-44)53-23-12-15-27-61(53)73-62-28-16-13-24-54(62)69/h7-41H,1-6H3. The highest BCUT2D eigenvalue weighted by molar-refractivity contribution is 6.13. The van der Waals surface area contributed by atoms with E-state index in [1.807, 2.05) is 0 Å². The first-order valence-electron chi connectivity index (χ1n) is 26.0. The molecule has 356 valence electrons. The Hall–Kier alpha value is -8.60. The van der Waals surface area contributed by atoms with Crippen molar-refractivity contribution in [2.24, 2.45) is 0 Å². The van der Waals surface area contributed by atoms with Gasteiger partial charge in [0, 0.05) is 39.0 Å². The molecule has 0 bridgehead atoms. The summed E-state index contributed by atoms with van der Waals surface area (Å²) in [4.78, 5) is 2.49. The van der Waals surface area contributed by atoms with Crippen LogP contribution in [-0.2, 0) is 21.7 Å². The summed E-state index contributed by atoms with van der Waals surface area (Å²) < 4.78 is 20.6. The molecule has 2 spiro atoms. The van der Waals surface area contributed by atoms with E-state index in [1.54, 1.807) is 0 Å². The molecule has 0 atom stereocenters. The molecule has 4 aliphatic rings. The van der Waals surface area contributed by atoms with Crippen LogP contribution in [0.4, 0.5) is 17.1 Å². The van der Waals surface area contributed by atoms with E-state index in [-0.39, 0.29) is 10.8 Å². The fraction of sp³-hybridized carbons (Fsp3) is 0.143. The monoisotopic (exact) mass is 955 g/mol. The molecule has 11 aromatic rings. The molecule has 10 aromatic carbocycles. The van der Waals surface area contributed by atoms with Crippen LogP contribution in [0.3, 0.4) is 0 Å². The second-order valence-electron chi connectivity index (χ2n) is 22.8. The first-order chi connectivity index (χ1) is 35.9. The molecule has 2 aliphatic heterocycles. The normalized spacial score (nSPS) is 14.8. The predicted molar refractivity (Wildman–Crippen MR) is 301 cm³/mol. The number of para-hydroxylation sites is 3. The van der Waals surface area contributed by atoms with Gasteiger partial charge in [-0.3, -0.25) is 0 Å². The third kappa shape index (κ3) is 5.68. The summed E-state index contributed by atoms with van der Waals surface area (Å²) in [6, 6.07) is 78.4. The molecule has 4 nitrogen and oxygen atoms in total. The van der Waals surface area contributed by atoms with E-state index in [4.69, 9.17) is 13.9 Å². The van der Waals surface area contributed by atoms with Crippen molar-refractivity contribution in [3.05, 3.63) is 268 Å². The minimum absolute atomic E-state index is 0.106. The number of fused-ring (bicyclic) bond motifs is 21. The zero-order valence-electron chi connectivity index (χ0n) is 42.4. The van der Waals surface area contributed by atoms with Gasteiger partial charge in [-0.2, -0.15) is 0 Å². The first kappa shape index (κ1) is 43.0. The van der Waals surface area contributed by atoms with Crippen molar-refractivity contribution in [1.82, 2.24) is 0 Å². The van der Waals surface area contributed by atoms with E-state index < -0.39 is 10.8 Å². The van der Waals surface area contributed by atoms with Gasteiger partial charge in [0.05, 0.1) is 21.9 Å². The molecule has 0 saturated carbocycles. The summed E-state index contributed by atoms with van der Waals surface area (Å²) in [5.41, 5.74) is 20.2. The lowest BCUT2D eigenvalue weighted by atomic mass is 9.64. The maximum absolute atomic E-state index is 7.07. The van der Waals surface area contributed by atoms with Gasteiger partial charge < -0.3 is 18.8 Å². The smallest absolute Gasteiger partial charge is 0.137 e. The molecule has 0 unspecified atom stereocenters. The van der Waals surface area contributed by atoms with Gasteiger partial charge in [0.25, 0.3) is 0 Å². The van der Waals surface area contributed by atoms with E-state index in [0.717, 1.165) is 84.3 Å². The molecule has 0 fully saturated rings. The number of nitrogens with zero attached hydrogens (tertiary/aromatic N) is 1. The molecule has 0 N–H and O–H groups in total. The van der Waals surface area contributed by atoms with Crippen molar-refractivity contribution in [3.63, 3.8) is 0 Å². The molecule has 0 amide bonds. The van der Waals surface area contributed by atoms with Crippen LogP contribution in [0.1, 0.15) is 97.2 Å². The number of furan rings is 1. The van der Waals surface area contributed by atoms with Gasteiger partial charge in [0.2, 0.25) is 0 Å². The lowest BCUT2D eigenvalue weighted by Gasteiger charge is -2.41. The van der Waals surface area contributed by atoms with Crippen molar-refractivity contribution < 1.29 is 13.9 Å². The molecule has 3 heterocycles. The van der Waals surface area contributed by atoms with Gasteiger partial charge in [-0.05, 0) is 145 Å².